The highest BCUT2D eigenvalue weighted by molar-refractivity contribution is 5.92. The molecule has 138 valence electrons. The maximum Gasteiger partial charge on any atom is 0.161 e. The van der Waals surface area contributed by atoms with Crippen molar-refractivity contribution in [3.05, 3.63) is 30.4 Å². The third-order valence-electron chi connectivity index (χ3n) is 8.58. The van der Waals surface area contributed by atoms with Gasteiger partial charge in [-0.25, -0.2) is 4.98 Å². The quantitative estimate of drug-likeness (QED) is 0.763. The van der Waals surface area contributed by atoms with Crippen molar-refractivity contribution in [1.82, 2.24) is 9.55 Å². The van der Waals surface area contributed by atoms with Crippen LogP contribution in [0, 0.1) is 28.6 Å². The summed E-state index contributed by atoms with van der Waals surface area (Å²) < 4.78 is 2.02. The number of nitrogens with zero attached hydrogens (tertiary/aromatic N) is 2. The number of imidazole rings is 1. The van der Waals surface area contributed by atoms with Gasteiger partial charge in [0.25, 0.3) is 0 Å². The Morgan fingerprint density at radius 2 is 1.92 bits per heavy atom. The third-order valence-corrected chi connectivity index (χ3v) is 8.58. The molecule has 0 spiro atoms. The monoisotopic (exact) mass is 352 g/mol. The zero-order valence-corrected chi connectivity index (χ0v) is 15.8. The second-order valence-corrected chi connectivity index (χ2v) is 9.55. The predicted octanol–water partition coefficient (Wildman–Crippen LogP) is 4.14. The number of carbonyl (C=O) groups excluding carboxylic acids is 2. The molecule has 0 saturated heterocycles. The molecule has 6 unspecified atom stereocenters. The van der Waals surface area contributed by atoms with Crippen molar-refractivity contribution < 1.29 is 9.59 Å². The molecule has 0 aliphatic heterocycles. The molecule has 26 heavy (non-hydrogen) atoms. The number of ketones is 2. The lowest BCUT2D eigenvalue weighted by Crippen LogP contribution is -2.50. The van der Waals surface area contributed by atoms with Crippen molar-refractivity contribution >= 4 is 11.6 Å². The second kappa shape index (κ2) is 5.40. The van der Waals surface area contributed by atoms with Gasteiger partial charge in [0.1, 0.15) is 0 Å². The Hall–Kier alpha value is -1.71. The van der Waals surface area contributed by atoms with Gasteiger partial charge in [-0.2, -0.15) is 0 Å². The van der Waals surface area contributed by atoms with E-state index in [2.05, 4.69) is 18.8 Å². The number of fused-ring (bicyclic) bond motifs is 5. The Morgan fingerprint density at radius 3 is 2.69 bits per heavy atom. The summed E-state index contributed by atoms with van der Waals surface area (Å²) >= 11 is 0. The Morgan fingerprint density at radius 1 is 1.08 bits per heavy atom. The number of hydrogen-bond donors (Lipinski definition) is 0. The average molecular weight is 352 g/mol. The van der Waals surface area contributed by atoms with Crippen LogP contribution in [0.3, 0.4) is 0 Å². The summed E-state index contributed by atoms with van der Waals surface area (Å²) in [4.78, 5) is 29.4. The molecule has 0 bridgehead atoms. The number of rotatable bonds is 1. The van der Waals surface area contributed by atoms with Crippen LogP contribution in [0.2, 0.25) is 0 Å². The first kappa shape index (κ1) is 16.5. The summed E-state index contributed by atoms with van der Waals surface area (Å²) in [5.41, 5.74) is 1.39. The molecule has 6 atom stereocenters. The molecule has 1 aromatic heterocycles. The van der Waals surface area contributed by atoms with Gasteiger partial charge < -0.3 is 4.57 Å². The van der Waals surface area contributed by atoms with Gasteiger partial charge in [-0.15, -0.1) is 0 Å². The lowest BCUT2D eigenvalue weighted by molar-refractivity contribution is -0.134. The zero-order chi connectivity index (χ0) is 18.1. The number of allylic oxidation sites excluding steroid dienone is 1. The molecule has 4 heteroatoms. The summed E-state index contributed by atoms with van der Waals surface area (Å²) in [6, 6.07) is -0.0380. The van der Waals surface area contributed by atoms with E-state index in [1.807, 2.05) is 16.8 Å². The van der Waals surface area contributed by atoms with Crippen LogP contribution in [0.4, 0.5) is 0 Å². The van der Waals surface area contributed by atoms with Crippen LogP contribution in [0.15, 0.2) is 30.4 Å². The first-order chi connectivity index (χ1) is 12.4. The largest absolute Gasteiger partial charge is 0.327 e. The molecule has 0 radical (unpaired) electrons. The van der Waals surface area contributed by atoms with E-state index in [4.69, 9.17) is 0 Å². The first-order valence-electron chi connectivity index (χ1n) is 10.2. The molecule has 3 saturated carbocycles. The zero-order valence-electron chi connectivity index (χ0n) is 15.8. The lowest BCUT2D eigenvalue weighted by Gasteiger charge is -2.56. The van der Waals surface area contributed by atoms with Crippen LogP contribution in [-0.2, 0) is 9.59 Å². The van der Waals surface area contributed by atoms with E-state index >= 15 is 0 Å². The Bertz CT molecular complexity index is 795. The number of aromatic nitrogens is 2. The van der Waals surface area contributed by atoms with E-state index in [0.29, 0.717) is 35.7 Å². The highest BCUT2D eigenvalue weighted by atomic mass is 16.1. The smallest absolute Gasteiger partial charge is 0.161 e. The van der Waals surface area contributed by atoms with Gasteiger partial charge in [0.2, 0.25) is 0 Å². The SMILES string of the molecule is CC12CCC3C(CCC4=CC(=O)CCC43C)C1CC(n1ccnc1)C2=O. The van der Waals surface area contributed by atoms with Gasteiger partial charge in [-0.1, -0.05) is 19.4 Å². The Labute approximate surface area is 155 Å². The first-order valence-corrected chi connectivity index (χ1v) is 10.2. The van der Waals surface area contributed by atoms with Crippen molar-refractivity contribution in [2.24, 2.45) is 28.6 Å². The highest BCUT2D eigenvalue weighted by Crippen LogP contribution is 2.65. The number of carbonyl (C=O) groups is 2. The molecule has 4 aliphatic carbocycles. The molecule has 0 aromatic carbocycles. The van der Waals surface area contributed by atoms with E-state index in [1.165, 1.54) is 5.57 Å². The molecule has 1 heterocycles. The summed E-state index contributed by atoms with van der Waals surface area (Å²) in [6.45, 7) is 4.63. The van der Waals surface area contributed by atoms with Crippen molar-refractivity contribution in [1.29, 1.82) is 0 Å². The van der Waals surface area contributed by atoms with Crippen LogP contribution in [-0.4, -0.2) is 21.1 Å². The minimum absolute atomic E-state index is 0.0380. The van der Waals surface area contributed by atoms with Gasteiger partial charge in [0, 0.05) is 24.2 Å². The Kier molecular flexibility index (Phi) is 3.42. The molecule has 3 fully saturated rings. The molecule has 5 rings (SSSR count). The number of hydrogen-bond acceptors (Lipinski definition) is 3. The van der Waals surface area contributed by atoms with Crippen molar-refractivity contribution in [3.63, 3.8) is 0 Å². The van der Waals surface area contributed by atoms with E-state index in [0.717, 1.165) is 38.5 Å². The fraction of sp³-hybridized carbons (Fsp3) is 0.682. The van der Waals surface area contributed by atoms with E-state index in [1.54, 1.807) is 12.5 Å². The summed E-state index contributed by atoms with van der Waals surface area (Å²) in [5, 5.41) is 0. The maximum absolute atomic E-state index is 13.3. The topological polar surface area (TPSA) is 52.0 Å². The van der Waals surface area contributed by atoms with Crippen LogP contribution in [0.5, 0.6) is 0 Å². The average Bonchev–Trinajstić information content (AvgIpc) is 3.23. The summed E-state index contributed by atoms with van der Waals surface area (Å²) in [5.74, 6) is 2.44. The molecule has 0 amide bonds. The minimum Gasteiger partial charge on any atom is -0.327 e. The normalized spacial score (nSPS) is 44.9. The third kappa shape index (κ3) is 2.04. The van der Waals surface area contributed by atoms with Crippen molar-refractivity contribution in [2.45, 2.75) is 64.8 Å². The molecular formula is C22H28N2O2. The summed E-state index contributed by atoms with van der Waals surface area (Å²) in [6.07, 6.45) is 14.4. The molecule has 4 aliphatic rings. The van der Waals surface area contributed by atoms with Crippen LogP contribution >= 0.6 is 0 Å². The van der Waals surface area contributed by atoms with Gasteiger partial charge in [-0.3, -0.25) is 9.59 Å². The fourth-order valence-corrected chi connectivity index (χ4v) is 7.06. The van der Waals surface area contributed by atoms with Gasteiger partial charge >= 0.3 is 0 Å². The fourth-order valence-electron chi connectivity index (χ4n) is 7.06. The van der Waals surface area contributed by atoms with E-state index in [-0.39, 0.29) is 16.9 Å². The molecular weight excluding hydrogens is 324 g/mol. The van der Waals surface area contributed by atoms with Crippen molar-refractivity contribution in [2.75, 3.05) is 0 Å². The van der Waals surface area contributed by atoms with Gasteiger partial charge in [0.15, 0.2) is 11.6 Å². The van der Waals surface area contributed by atoms with Crippen molar-refractivity contribution in [3.8, 4) is 0 Å². The summed E-state index contributed by atoms with van der Waals surface area (Å²) in [7, 11) is 0. The maximum atomic E-state index is 13.3. The molecule has 1 aromatic rings. The minimum atomic E-state index is -0.182. The molecule has 0 N–H and O–H groups in total. The standard InChI is InChI=1S/C22H28N2O2/c1-21-7-5-15(25)11-14(21)3-4-16-17(21)6-8-22(2)18(16)12-19(20(22)26)24-10-9-23-13-24/h9-11,13,16-19H,3-8,12H2,1-2H3. The molecule has 4 nitrogen and oxygen atoms in total. The number of Topliss-reactive ketones (excluding diaryl/α,β-unsaturated/α-hetero) is 1. The van der Waals surface area contributed by atoms with Gasteiger partial charge in [-0.05, 0) is 67.8 Å². The Balaban J connectivity index is 1.50. The van der Waals surface area contributed by atoms with Crippen LogP contribution in [0.1, 0.15) is 64.8 Å². The van der Waals surface area contributed by atoms with E-state index in [9.17, 15) is 9.59 Å². The van der Waals surface area contributed by atoms with Crippen LogP contribution in [0.25, 0.3) is 0 Å². The second-order valence-electron chi connectivity index (χ2n) is 9.55. The van der Waals surface area contributed by atoms with Gasteiger partial charge in [0.05, 0.1) is 12.4 Å². The van der Waals surface area contributed by atoms with Crippen LogP contribution < -0.4 is 0 Å². The highest BCUT2D eigenvalue weighted by Gasteiger charge is 2.61. The lowest BCUT2D eigenvalue weighted by atomic mass is 9.47. The predicted molar refractivity (Wildman–Crippen MR) is 98.4 cm³/mol. The van der Waals surface area contributed by atoms with E-state index < -0.39 is 0 Å².